The van der Waals surface area contributed by atoms with Crippen molar-refractivity contribution in [2.24, 2.45) is 0 Å². The number of ether oxygens (including phenoxy) is 1. The molecule has 0 amide bonds. The van der Waals surface area contributed by atoms with Crippen LogP contribution in [0, 0.1) is 72.0 Å². The third-order valence-corrected chi connectivity index (χ3v) is 10.9. The van der Waals surface area contributed by atoms with Gasteiger partial charge >= 0.3 is 6.18 Å². The molecule has 0 spiro atoms. The summed E-state index contributed by atoms with van der Waals surface area (Å²) in [6.07, 6.45) is -4.35. The number of para-hydroxylation sites is 7. The molecule has 7 aromatic carbocycles. The summed E-state index contributed by atoms with van der Waals surface area (Å²) >= 11 is 14.6. The Bertz CT molecular complexity index is 2800. The molecule has 0 bridgehead atoms. The van der Waals surface area contributed by atoms with Gasteiger partial charge in [0, 0.05) is 28.0 Å². The van der Waals surface area contributed by atoms with Crippen molar-refractivity contribution in [3.8, 4) is 11.8 Å². The molecule has 0 atom stereocenters. The van der Waals surface area contributed by atoms with Crippen LogP contribution in [-0.4, -0.2) is 17.0 Å². The number of nitro groups is 2. The first-order valence-corrected chi connectivity index (χ1v) is 22.1. The minimum Gasteiger partial charge on any atom is -0.494 e. The molecule has 7 rings (SSSR count). The molecule has 0 heterocycles. The Hall–Kier alpha value is -7.99. The van der Waals surface area contributed by atoms with Crippen LogP contribution in [0.4, 0.5) is 68.7 Å². The Morgan fingerprint density at radius 1 is 0.542 bits per heavy atom. The molecule has 14 N–H and O–H groups in total. The van der Waals surface area contributed by atoms with E-state index in [1.54, 1.807) is 81.4 Å². The smallest absolute Gasteiger partial charge is 0.418 e. The van der Waals surface area contributed by atoms with Crippen LogP contribution >= 0.6 is 39.1 Å². The number of nitrogens with zero attached hydrogens (tertiary/aromatic N) is 3. The maximum absolute atomic E-state index is 12.5. The third-order valence-electron chi connectivity index (χ3n) is 9.57. The van der Waals surface area contributed by atoms with Gasteiger partial charge in [-0.1, -0.05) is 96.0 Å². The second-order valence-electron chi connectivity index (χ2n) is 14.7. The van der Waals surface area contributed by atoms with E-state index in [9.17, 15) is 37.8 Å². The van der Waals surface area contributed by atoms with E-state index >= 15 is 0 Å². The van der Waals surface area contributed by atoms with Crippen LogP contribution in [0.15, 0.2) is 132 Å². The molecule has 0 fully saturated rings. The molecule has 15 nitrogen and oxygen atoms in total. The van der Waals surface area contributed by atoms with Gasteiger partial charge < -0.3 is 44.9 Å². The second kappa shape index (κ2) is 29.9. The average Bonchev–Trinajstić information content (AvgIpc) is 3.32. The Morgan fingerprint density at radius 2 is 0.931 bits per heavy atom. The third kappa shape index (κ3) is 19.8. The fraction of sp³-hybridized carbons (Fsp3) is 0.140. The molecule has 0 saturated heterocycles. The Labute approximate surface area is 432 Å². The predicted molar refractivity (Wildman–Crippen MR) is 287 cm³/mol. The molecule has 0 radical (unpaired) electrons. The van der Waals surface area contributed by atoms with Crippen LogP contribution in [0.2, 0.25) is 10.0 Å². The predicted octanol–water partition coefficient (Wildman–Crippen LogP) is 13.3. The topological polar surface area (TPSA) is 301 Å². The fourth-order valence-electron chi connectivity index (χ4n) is 5.19. The van der Waals surface area contributed by atoms with Crippen molar-refractivity contribution >= 4 is 90.3 Å². The van der Waals surface area contributed by atoms with Gasteiger partial charge in [0.25, 0.3) is 11.4 Å². The molecule has 0 aromatic heterocycles. The first-order chi connectivity index (χ1) is 33.6. The Morgan fingerprint density at radius 3 is 1.31 bits per heavy atom. The number of nitrogens with two attached hydrogens (primary N) is 7. The van der Waals surface area contributed by atoms with Crippen LogP contribution in [0.5, 0.6) is 5.75 Å². The highest BCUT2D eigenvalue weighted by Gasteiger charge is 2.33. The van der Waals surface area contributed by atoms with Crippen molar-refractivity contribution in [3.63, 3.8) is 0 Å². The zero-order chi connectivity index (χ0) is 55.0. The summed E-state index contributed by atoms with van der Waals surface area (Å²) in [7, 11) is 1.41. The van der Waals surface area contributed by atoms with Crippen molar-refractivity contribution in [1.82, 2.24) is 0 Å². The molecular formula is C50H53BrCl2F4N10O5. The summed E-state index contributed by atoms with van der Waals surface area (Å²) in [6, 6.07) is 36.2. The number of nitrogen functional groups attached to an aromatic ring is 7. The molecule has 0 aliphatic rings. The zero-order valence-corrected chi connectivity index (χ0v) is 42.8. The molecule has 0 aliphatic carbocycles. The van der Waals surface area contributed by atoms with Gasteiger partial charge in [-0.25, -0.2) is 4.39 Å². The number of hydrogen-bond donors (Lipinski definition) is 7. The van der Waals surface area contributed by atoms with E-state index in [1.807, 2.05) is 50.2 Å². The van der Waals surface area contributed by atoms with E-state index in [-0.39, 0.29) is 39.9 Å². The maximum Gasteiger partial charge on any atom is 0.418 e. The van der Waals surface area contributed by atoms with Crippen molar-refractivity contribution < 1.29 is 32.1 Å². The number of aryl methyl sites for hydroxylation is 5. The van der Waals surface area contributed by atoms with Crippen LogP contribution in [0.1, 0.15) is 38.9 Å². The van der Waals surface area contributed by atoms with Gasteiger partial charge in [-0.15, -0.1) is 0 Å². The lowest BCUT2D eigenvalue weighted by atomic mass is 10.1. The van der Waals surface area contributed by atoms with Gasteiger partial charge in [-0.05, 0) is 121 Å². The summed E-state index contributed by atoms with van der Waals surface area (Å²) in [5, 5.41) is 30.2. The van der Waals surface area contributed by atoms with Crippen molar-refractivity contribution in [1.29, 1.82) is 5.26 Å². The number of anilines is 7. The fourth-order valence-corrected chi connectivity index (χ4v) is 6.05. The van der Waals surface area contributed by atoms with Crippen LogP contribution in [-0.2, 0) is 6.18 Å². The van der Waals surface area contributed by atoms with Gasteiger partial charge in [-0.2, -0.15) is 18.4 Å². The SMILES string of the molecule is COc1cccc([N+](=O)[O-])c1N.Cc1cccc(Br)c1N.Cc1cccc(C(F)(F)F)c1N.Cc1cccc(Cl)c1N.Cc1cccc(F)c1N.Cc1cccc([N+](=O)[O-])c1N.N#Cc1cccc(Cl)c1N. The minimum atomic E-state index is -4.35. The molecule has 72 heavy (non-hydrogen) atoms. The van der Waals surface area contributed by atoms with Gasteiger partial charge in [0.05, 0.1) is 55.2 Å². The highest BCUT2D eigenvalue weighted by atomic mass is 79.9. The molecule has 22 heteroatoms. The number of benzene rings is 7. The van der Waals surface area contributed by atoms with E-state index in [2.05, 4.69) is 15.9 Å². The number of halogens is 7. The number of nitriles is 1. The number of hydrogen-bond acceptors (Lipinski definition) is 13. The highest BCUT2D eigenvalue weighted by molar-refractivity contribution is 9.10. The van der Waals surface area contributed by atoms with Crippen LogP contribution in [0.25, 0.3) is 0 Å². The van der Waals surface area contributed by atoms with Gasteiger partial charge in [0.15, 0.2) is 5.69 Å². The van der Waals surface area contributed by atoms with E-state index in [0.29, 0.717) is 38.3 Å². The number of alkyl halides is 3. The van der Waals surface area contributed by atoms with Crippen LogP contribution in [0.3, 0.4) is 0 Å². The largest absolute Gasteiger partial charge is 0.494 e. The van der Waals surface area contributed by atoms with E-state index in [4.69, 9.17) is 73.3 Å². The molecule has 0 aliphatic heterocycles. The lowest BCUT2D eigenvalue weighted by Gasteiger charge is -2.10. The van der Waals surface area contributed by atoms with Crippen molar-refractivity contribution in [2.75, 3.05) is 47.2 Å². The summed E-state index contributed by atoms with van der Waals surface area (Å²) in [5.74, 6) is -0.0146. The lowest BCUT2D eigenvalue weighted by Crippen LogP contribution is -2.09. The summed E-state index contributed by atoms with van der Waals surface area (Å²) in [5.41, 5.74) is 43.9. The summed E-state index contributed by atoms with van der Waals surface area (Å²) in [4.78, 5) is 19.6. The minimum absolute atomic E-state index is 0.0231. The Kier molecular flexibility index (Phi) is 25.8. The summed E-state index contributed by atoms with van der Waals surface area (Å²) in [6.45, 7) is 8.98. The number of methoxy groups -OCH3 is 1. The van der Waals surface area contributed by atoms with Gasteiger partial charge in [0.1, 0.15) is 23.3 Å². The normalized spacial score (nSPS) is 9.78. The molecule has 0 saturated carbocycles. The van der Waals surface area contributed by atoms with Crippen molar-refractivity contribution in [3.05, 3.63) is 207 Å². The van der Waals surface area contributed by atoms with E-state index in [0.717, 1.165) is 38.5 Å². The molecule has 0 unspecified atom stereocenters. The van der Waals surface area contributed by atoms with Crippen molar-refractivity contribution in [2.45, 2.75) is 40.8 Å². The van der Waals surface area contributed by atoms with E-state index in [1.165, 1.54) is 37.4 Å². The maximum atomic E-state index is 12.5. The number of nitro benzene ring substituents is 2. The standard InChI is InChI=1S/C8H8F3N.C7H8BrN.C7H5ClN2.C7H8ClN.C7H8FN.C7H8N2O3.C7H8N2O2/c1-5-3-2-4-6(7(5)12)8(9,10)11;1-5-3-2-4-6(8)7(5)9;8-6-3-1-2-5(4-9)7(6)10;2*1-5-3-2-4-6(8)7(5)9;1-12-6-4-2-3-5(7(6)8)9(10)11;1-5-3-2-4-6(7(5)8)9(10)11/h2-4H,12H2,1H3;2-4H,9H2,1H3;1-3H,10H2;2*2-4H,9H2,1H3;2-4H,8H2,1H3;2-4H,8H2,1H3. The first kappa shape index (κ1) is 62.0. The highest BCUT2D eigenvalue weighted by Crippen LogP contribution is 2.35. The summed E-state index contributed by atoms with van der Waals surface area (Å²) < 4.78 is 54.7. The monoisotopic (exact) mass is 1100 g/mol. The average molecular weight is 1100 g/mol. The van der Waals surface area contributed by atoms with E-state index < -0.39 is 21.6 Å². The number of rotatable bonds is 3. The lowest BCUT2D eigenvalue weighted by molar-refractivity contribution is -0.384. The molecule has 7 aromatic rings. The van der Waals surface area contributed by atoms with Crippen LogP contribution < -0.4 is 44.9 Å². The molecular weight excluding hydrogens is 1050 g/mol. The second-order valence-corrected chi connectivity index (χ2v) is 16.3. The van der Waals surface area contributed by atoms with Gasteiger partial charge in [-0.3, -0.25) is 20.2 Å². The Balaban J connectivity index is 0.000000421. The van der Waals surface area contributed by atoms with Gasteiger partial charge in [0.2, 0.25) is 0 Å². The quantitative estimate of drug-likeness (QED) is 0.0375. The first-order valence-electron chi connectivity index (χ1n) is 20.6. The molecule has 382 valence electrons. The zero-order valence-electron chi connectivity index (χ0n) is 39.7.